The topological polar surface area (TPSA) is 256 Å². The van der Waals surface area contributed by atoms with E-state index < -0.39 is 85.8 Å². The smallest absolute Gasteiger partial charge is 0.224 e. The number of ether oxygens (including phenoxy) is 8. The SMILES string of the molecule is COC(c1ccc(OC2CCCC2)cc1)c1cc([C@]2(O)O[C@H](CO)[C@@H](O)[C@H](O)[C@H]2O)ccc1Cl.COC(c1ccc(OC2CCOC2)cc1)c1cc([C@]2(OC)O[C@H](CO)[C@@H](O)[C@H](O)[C@H]2O)ccc1Cl. The van der Waals surface area contributed by atoms with E-state index >= 15 is 0 Å². The number of benzene rings is 4. The van der Waals surface area contributed by atoms with Crippen molar-refractivity contribution in [3.8, 4) is 11.5 Å². The Balaban J connectivity index is 0.000000204. The summed E-state index contributed by atoms with van der Waals surface area (Å²) < 4.78 is 45.6. The zero-order valence-electron chi connectivity index (χ0n) is 38.4. The average molecular weight is 1010 g/mol. The fourth-order valence-corrected chi connectivity index (χ4v) is 9.75. The van der Waals surface area contributed by atoms with Crippen LogP contribution in [0.25, 0.3) is 0 Å². The third kappa shape index (κ3) is 11.3. The molecule has 378 valence electrons. The van der Waals surface area contributed by atoms with E-state index in [0.717, 1.165) is 41.9 Å². The third-order valence-electron chi connectivity index (χ3n) is 13.2. The summed E-state index contributed by atoms with van der Waals surface area (Å²) in [6, 6.07) is 24.3. The van der Waals surface area contributed by atoms with Crippen LogP contribution >= 0.6 is 23.2 Å². The molecule has 0 amide bonds. The maximum atomic E-state index is 11.2. The number of aliphatic hydroxyl groups is 9. The van der Waals surface area contributed by atoms with Crippen LogP contribution in [0.1, 0.15) is 77.7 Å². The molecule has 0 radical (unpaired) electrons. The summed E-state index contributed by atoms with van der Waals surface area (Å²) >= 11 is 13.0. The van der Waals surface area contributed by atoms with Gasteiger partial charge >= 0.3 is 0 Å². The summed E-state index contributed by atoms with van der Waals surface area (Å²) in [5.41, 5.74) is 3.09. The van der Waals surface area contributed by atoms with Gasteiger partial charge in [0.25, 0.3) is 0 Å². The predicted octanol–water partition coefficient (Wildman–Crippen LogP) is 3.53. The summed E-state index contributed by atoms with van der Waals surface area (Å²) in [6.45, 7) is 0.0188. The van der Waals surface area contributed by atoms with Crippen molar-refractivity contribution >= 4 is 23.2 Å². The Morgan fingerprint density at radius 1 is 0.594 bits per heavy atom. The minimum absolute atomic E-state index is 0.0361. The van der Waals surface area contributed by atoms with Crippen LogP contribution in [0.4, 0.5) is 0 Å². The highest BCUT2D eigenvalue weighted by Crippen LogP contribution is 2.43. The van der Waals surface area contributed by atoms with Gasteiger partial charge in [-0.3, -0.25) is 0 Å². The van der Waals surface area contributed by atoms with Crippen LogP contribution in [-0.4, -0.2) is 155 Å². The Bertz CT molecular complexity index is 2260. The second kappa shape index (κ2) is 23.3. The van der Waals surface area contributed by atoms with Crippen molar-refractivity contribution in [1.29, 1.82) is 0 Å². The highest BCUT2D eigenvalue weighted by molar-refractivity contribution is 6.31. The number of hydrogen-bond donors (Lipinski definition) is 9. The monoisotopic (exact) mass is 1000 g/mol. The number of hydrogen-bond acceptors (Lipinski definition) is 17. The first kappa shape index (κ1) is 53.3. The van der Waals surface area contributed by atoms with Gasteiger partial charge in [0.1, 0.15) is 78.6 Å². The van der Waals surface area contributed by atoms with Gasteiger partial charge in [0, 0.05) is 60.0 Å². The molecule has 0 bridgehead atoms. The van der Waals surface area contributed by atoms with Crippen molar-refractivity contribution < 1.29 is 83.9 Å². The second-order valence-electron chi connectivity index (χ2n) is 17.6. The largest absolute Gasteiger partial charge is 0.490 e. The van der Waals surface area contributed by atoms with Crippen molar-refractivity contribution in [3.05, 3.63) is 128 Å². The second-order valence-corrected chi connectivity index (χ2v) is 18.4. The lowest BCUT2D eigenvalue weighted by atomic mass is 9.86. The summed E-state index contributed by atoms with van der Waals surface area (Å²) in [5.74, 6) is -2.74. The molecule has 13 atom stereocenters. The first-order valence-electron chi connectivity index (χ1n) is 22.8. The molecule has 4 aliphatic rings. The van der Waals surface area contributed by atoms with Crippen LogP contribution in [0.3, 0.4) is 0 Å². The lowest BCUT2D eigenvalue weighted by molar-refractivity contribution is -0.366. The molecule has 17 nitrogen and oxygen atoms in total. The van der Waals surface area contributed by atoms with E-state index in [4.69, 9.17) is 61.1 Å². The molecule has 3 aliphatic heterocycles. The summed E-state index contributed by atoms with van der Waals surface area (Å²) in [5, 5.41) is 93.2. The molecule has 4 fully saturated rings. The van der Waals surface area contributed by atoms with Crippen LogP contribution in [0.15, 0.2) is 84.9 Å². The molecule has 4 aromatic carbocycles. The van der Waals surface area contributed by atoms with Crippen LogP contribution in [-0.2, 0) is 40.0 Å². The normalized spacial score (nSPS) is 31.4. The zero-order valence-corrected chi connectivity index (χ0v) is 39.9. The lowest BCUT2D eigenvalue weighted by Crippen LogP contribution is -2.64. The molecule has 1 saturated carbocycles. The molecule has 4 aromatic rings. The Kier molecular flexibility index (Phi) is 18.0. The fourth-order valence-electron chi connectivity index (χ4n) is 9.31. The third-order valence-corrected chi connectivity index (χ3v) is 13.9. The molecular formula is C50H62Cl2O17. The van der Waals surface area contributed by atoms with E-state index in [0.29, 0.717) is 39.9 Å². The molecule has 69 heavy (non-hydrogen) atoms. The van der Waals surface area contributed by atoms with Crippen LogP contribution in [0.2, 0.25) is 10.0 Å². The fraction of sp³-hybridized carbons (Fsp3) is 0.520. The molecule has 3 unspecified atom stereocenters. The minimum Gasteiger partial charge on any atom is -0.490 e. The zero-order chi connectivity index (χ0) is 49.6. The van der Waals surface area contributed by atoms with E-state index in [1.165, 1.54) is 45.3 Å². The highest BCUT2D eigenvalue weighted by Gasteiger charge is 2.56. The highest BCUT2D eigenvalue weighted by atomic mass is 35.5. The van der Waals surface area contributed by atoms with Gasteiger partial charge in [-0.05, 0) is 85.3 Å². The molecule has 0 aromatic heterocycles. The van der Waals surface area contributed by atoms with Crippen LogP contribution in [0.5, 0.6) is 11.5 Å². The molecular weight excluding hydrogens is 943 g/mol. The Labute approximate surface area is 410 Å². The van der Waals surface area contributed by atoms with Crippen LogP contribution < -0.4 is 9.47 Å². The average Bonchev–Trinajstić information content (AvgIpc) is 4.09. The van der Waals surface area contributed by atoms with Crippen LogP contribution in [0, 0.1) is 0 Å². The maximum absolute atomic E-state index is 11.2. The van der Waals surface area contributed by atoms with Gasteiger partial charge in [0.05, 0.1) is 32.5 Å². The first-order chi connectivity index (χ1) is 33.1. The predicted molar refractivity (Wildman–Crippen MR) is 249 cm³/mol. The summed E-state index contributed by atoms with van der Waals surface area (Å²) in [4.78, 5) is 0. The molecule has 19 heteroatoms. The van der Waals surface area contributed by atoms with Crippen molar-refractivity contribution in [2.45, 2.75) is 117 Å². The van der Waals surface area contributed by atoms with Gasteiger partial charge in [-0.1, -0.05) is 59.6 Å². The molecule has 8 rings (SSSR count). The first-order valence-corrected chi connectivity index (χ1v) is 23.6. The van der Waals surface area contributed by atoms with Gasteiger partial charge in [0.15, 0.2) is 0 Å². The van der Waals surface area contributed by atoms with E-state index in [1.807, 2.05) is 48.5 Å². The van der Waals surface area contributed by atoms with Gasteiger partial charge in [-0.25, -0.2) is 0 Å². The number of methoxy groups -OCH3 is 3. The lowest BCUT2D eigenvalue weighted by Gasteiger charge is -2.47. The van der Waals surface area contributed by atoms with E-state index in [1.54, 1.807) is 25.3 Å². The van der Waals surface area contributed by atoms with Gasteiger partial charge in [0.2, 0.25) is 11.6 Å². The number of rotatable bonds is 15. The maximum Gasteiger partial charge on any atom is 0.224 e. The molecule has 1 aliphatic carbocycles. The van der Waals surface area contributed by atoms with E-state index in [9.17, 15) is 46.0 Å². The summed E-state index contributed by atoms with van der Waals surface area (Å²) in [7, 11) is 4.38. The Hall–Kier alpha value is -3.54. The van der Waals surface area contributed by atoms with Crippen molar-refractivity contribution in [2.75, 3.05) is 47.8 Å². The molecule has 3 saturated heterocycles. The van der Waals surface area contributed by atoms with Gasteiger partial charge in [-0.15, -0.1) is 0 Å². The van der Waals surface area contributed by atoms with E-state index in [-0.39, 0.29) is 17.8 Å². The molecule has 9 N–H and O–H groups in total. The molecule has 3 heterocycles. The van der Waals surface area contributed by atoms with Crippen molar-refractivity contribution in [1.82, 2.24) is 0 Å². The molecule has 0 spiro atoms. The van der Waals surface area contributed by atoms with Gasteiger partial charge < -0.3 is 83.9 Å². The number of halogens is 2. The standard InChI is InChI=1S/C25H31ClO9.C25H31ClO8/c1-31-23(14-3-6-16(7-4-14)34-17-9-10-33-13-17)18-11-15(5-8-19(18)26)25(32-2)24(30)22(29)21(28)20(12-27)35-25;1-32-23(14-6-9-17(10-7-14)33-16-4-2-3-5-16)18-12-15(8-11-19(18)26)25(31)24(30)22(29)21(28)20(13-27)34-25/h3-8,11,17,20-24,27-30H,9-10,12-13H2,1-2H3;6-12,16,20-24,27-31H,2-5,13H2,1H3/t17?,20-,21-,22+,23?,24-,25+;20-,21-,22+,23?,24-,25+/m11/s1. The minimum atomic E-state index is -2.39. The Morgan fingerprint density at radius 3 is 1.55 bits per heavy atom. The van der Waals surface area contributed by atoms with E-state index in [2.05, 4.69) is 0 Å². The van der Waals surface area contributed by atoms with Crippen molar-refractivity contribution in [2.24, 2.45) is 0 Å². The quantitative estimate of drug-likeness (QED) is 0.0826. The number of aliphatic hydroxyl groups excluding tert-OH is 8. The Morgan fingerprint density at radius 2 is 1.07 bits per heavy atom. The van der Waals surface area contributed by atoms with Gasteiger partial charge in [-0.2, -0.15) is 0 Å². The summed E-state index contributed by atoms with van der Waals surface area (Å²) in [6.07, 6.45) is -7.96. The van der Waals surface area contributed by atoms with Crippen molar-refractivity contribution in [3.63, 3.8) is 0 Å².